The van der Waals surface area contributed by atoms with E-state index < -0.39 is 6.04 Å². The second-order valence-electron chi connectivity index (χ2n) is 8.19. The van der Waals surface area contributed by atoms with Gasteiger partial charge in [0.15, 0.2) is 16.7 Å². The van der Waals surface area contributed by atoms with Gasteiger partial charge < -0.3 is 9.47 Å². The van der Waals surface area contributed by atoms with Crippen LogP contribution in [0.5, 0.6) is 5.75 Å². The number of thiazole rings is 1. The van der Waals surface area contributed by atoms with E-state index in [0.29, 0.717) is 29.0 Å². The molecule has 3 heterocycles. The van der Waals surface area contributed by atoms with Gasteiger partial charge in [0, 0.05) is 11.6 Å². The lowest BCUT2D eigenvalue weighted by molar-refractivity contribution is -0.132. The summed E-state index contributed by atoms with van der Waals surface area (Å²) in [7, 11) is 0. The summed E-state index contributed by atoms with van der Waals surface area (Å²) in [5, 5.41) is 2.39. The fourth-order valence-electron chi connectivity index (χ4n) is 4.87. The Bertz CT molecular complexity index is 1020. The molecule has 5 rings (SSSR count). The summed E-state index contributed by atoms with van der Waals surface area (Å²) >= 11 is 1.38. The first-order valence-corrected chi connectivity index (χ1v) is 11.4. The van der Waals surface area contributed by atoms with Crippen LogP contribution in [0.4, 0.5) is 5.13 Å². The Kier molecular flexibility index (Phi) is 4.85. The molecule has 2 aromatic rings. The van der Waals surface area contributed by atoms with Crippen molar-refractivity contribution in [3.8, 4) is 5.75 Å². The van der Waals surface area contributed by atoms with Gasteiger partial charge in [0.1, 0.15) is 11.9 Å². The molecule has 7 heteroatoms. The van der Waals surface area contributed by atoms with Crippen molar-refractivity contribution in [1.82, 2.24) is 4.98 Å². The Labute approximate surface area is 179 Å². The van der Waals surface area contributed by atoms with Gasteiger partial charge in [-0.2, -0.15) is 0 Å². The van der Waals surface area contributed by atoms with Crippen LogP contribution in [0.25, 0.3) is 0 Å². The maximum absolute atomic E-state index is 13.7. The van der Waals surface area contributed by atoms with E-state index in [9.17, 15) is 9.59 Å². The van der Waals surface area contributed by atoms with Crippen LogP contribution in [-0.2, 0) is 14.3 Å². The zero-order chi connectivity index (χ0) is 20.8. The van der Waals surface area contributed by atoms with E-state index in [4.69, 9.17) is 9.47 Å². The fraction of sp³-hybridized carbons (Fsp3) is 0.435. The largest absolute Gasteiger partial charge is 0.494 e. The maximum atomic E-state index is 13.7. The van der Waals surface area contributed by atoms with Crippen LogP contribution in [0.1, 0.15) is 44.7 Å². The van der Waals surface area contributed by atoms with Gasteiger partial charge in [-0.05, 0) is 49.8 Å². The Balaban J connectivity index is 1.63. The van der Waals surface area contributed by atoms with E-state index >= 15 is 0 Å². The highest BCUT2D eigenvalue weighted by Gasteiger charge is 2.53. The number of carbonyl (C=O) groups is 2. The number of ether oxygens (including phenoxy) is 2. The molecule has 1 saturated carbocycles. The van der Waals surface area contributed by atoms with Crippen LogP contribution < -0.4 is 9.64 Å². The van der Waals surface area contributed by atoms with E-state index in [1.54, 1.807) is 11.1 Å². The lowest BCUT2D eigenvalue weighted by atomic mass is 9.74. The summed E-state index contributed by atoms with van der Waals surface area (Å²) in [6.45, 7) is 4.65. The number of hydrogen-bond donors (Lipinski definition) is 0. The van der Waals surface area contributed by atoms with Crippen molar-refractivity contribution in [3.63, 3.8) is 0 Å². The van der Waals surface area contributed by atoms with E-state index in [-0.39, 0.29) is 29.5 Å². The summed E-state index contributed by atoms with van der Waals surface area (Å²) in [5.41, 5.74) is 1.30. The predicted octanol–water partition coefficient (Wildman–Crippen LogP) is 4.29. The minimum absolute atomic E-state index is 0.0482. The molecule has 0 radical (unpaired) electrons. The number of carbonyl (C=O) groups excluding carboxylic acids is 2. The number of Topliss-reactive ketones (excluding diaryl/α,β-unsaturated/α-hetero) is 1. The third-order valence-electron chi connectivity index (χ3n) is 6.22. The van der Waals surface area contributed by atoms with Crippen molar-refractivity contribution in [2.24, 2.45) is 11.8 Å². The van der Waals surface area contributed by atoms with Gasteiger partial charge in [-0.3, -0.25) is 14.5 Å². The second-order valence-corrected chi connectivity index (χ2v) is 9.06. The highest BCUT2D eigenvalue weighted by Crippen LogP contribution is 2.49. The van der Waals surface area contributed by atoms with Gasteiger partial charge >= 0.3 is 0 Å². The first-order chi connectivity index (χ1) is 14.6. The number of aromatic nitrogens is 1. The molecule has 1 fully saturated rings. The number of hydrogen-bond acceptors (Lipinski definition) is 6. The zero-order valence-corrected chi connectivity index (χ0v) is 17.9. The van der Waals surface area contributed by atoms with Gasteiger partial charge in [-0.25, -0.2) is 4.98 Å². The topological polar surface area (TPSA) is 68.7 Å². The molecule has 30 heavy (non-hydrogen) atoms. The third kappa shape index (κ3) is 3.03. The molecule has 1 aromatic heterocycles. The summed E-state index contributed by atoms with van der Waals surface area (Å²) in [6, 6.07) is 7.05. The number of fused-ring (bicyclic) bond motifs is 1. The Morgan fingerprint density at radius 1 is 1.30 bits per heavy atom. The highest BCUT2D eigenvalue weighted by atomic mass is 32.1. The molecular formula is C23H24N2O4S. The second kappa shape index (κ2) is 7.54. The average molecular weight is 425 g/mol. The minimum Gasteiger partial charge on any atom is -0.494 e. The molecule has 6 nitrogen and oxygen atoms in total. The van der Waals surface area contributed by atoms with Crippen molar-refractivity contribution in [2.75, 3.05) is 11.5 Å². The lowest BCUT2D eigenvalue weighted by Crippen LogP contribution is -2.41. The van der Waals surface area contributed by atoms with Crippen LogP contribution >= 0.6 is 11.3 Å². The van der Waals surface area contributed by atoms with Gasteiger partial charge in [-0.15, -0.1) is 11.3 Å². The smallest absolute Gasteiger partial charge is 0.296 e. The lowest BCUT2D eigenvalue weighted by Gasteiger charge is -2.37. The summed E-state index contributed by atoms with van der Waals surface area (Å²) in [6.07, 6.45) is 4.09. The van der Waals surface area contributed by atoms with Crippen molar-refractivity contribution in [2.45, 2.75) is 45.3 Å². The Morgan fingerprint density at radius 3 is 2.93 bits per heavy atom. The van der Waals surface area contributed by atoms with E-state index in [0.717, 1.165) is 24.8 Å². The number of amides is 1. The first kappa shape index (κ1) is 19.3. The van der Waals surface area contributed by atoms with Gasteiger partial charge in [0.05, 0.1) is 24.1 Å². The standard InChI is InChI=1S/C23H24N2O4S/c1-3-28-15-6-4-5-14(12-15)19-18-20(26)16-11-13(2)7-8-17(16)29-21(18)22(27)25(19)23-24-9-10-30-23/h4-6,9-10,12-13,16-17,19H,3,7-8,11H2,1-2H3. The van der Waals surface area contributed by atoms with Crippen LogP contribution in [0.15, 0.2) is 47.2 Å². The van der Waals surface area contributed by atoms with E-state index in [1.165, 1.54) is 11.3 Å². The minimum atomic E-state index is -0.551. The molecular weight excluding hydrogens is 400 g/mol. The molecule has 4 atom stereocenters. The normalized spacial score (nSPS) is 28.3. The number of ketones is 1. The molecule has 0 N–H and O–H groups in total. The molecule has 1 aliphatic carbocycles. The monoisotopic (exact) mass is 424 g/mol. The molecule has 1 aromatic carbocycles. The van der Waals surface area contributed by atoms with Crippen LogP contribution in [0.2, 0.25) is 0 Å². The quantitative estimate of drug-likeness (QED) is 0.732. The molecule has 2 aliphatic heterocycles. The number of benzene rings is 1. The average Bonchev–Trinajstić information content (AvgIpc) is 3.36. The van der Waals surface area contributed by atoms with Crippen molar-refractivity contribution < 1.29 is 19.1 Å². The van der Waals surface area contributed by atoms with Crippen LogP contribution in [0.3, 0.4) is 0 Å². The number of rotatable bonds is 4. The Hall–Kier alpha value is -2.67. The van der Waals surface area contributed by atoms with Crippen LogP contribution in [-0.4, -0.2) is 29.4 Å². The molecule has 3 aliphatic rings. The van der Waals surface area contributed by atoms with Crippen LogP contribution in [0, 0.1) is 11.8 Å². The van der Waals surface area contributed by atoms with Gasteiger partial charge in [0.25, 0.3) is 5.91 Å². The molecule has 1 amide bonds. The third-order valence-corrected chi connectivity index (χ3v) is 6.99. The number of nitrogens with zero attached hydrogens (tertiary/aromatic N) is 2. The zero-order valence-electron chi connectivity index (χ0n) is 17.0. The maximum Gasteiger partial charge on any atom is 0.296 e. The molecule has 0 bridgehead atoms. The number of anilines is 1. The van der Waals surface area contributed by atoms with E-state index in [2.05, 4.69) is 11.9 Å². The first-order valence-electron chi connectivity index (χ1n) is 10.5. The van der Waals surface area contributed by atoms with E-state index in [1.807, 2.05) is 36.6 Å². The summed E-state index contributed by atoms with van der Waals surface area (Å²) < 4.78 is 11.9. The summed E-state index contributed by atoms with van der Waals surface area (Å²) in [5.74, 6) is 0.980. The Morgan fingerprint density at radius 2 is 2.17 bits per heavy atom. The van der Waals surface area contributed by atoms with Crippen molar-refractivity contribution >= 4 is 28.2 Å². The SMILES string of the molecule is CCOc1cccc(C2C3=C(OC4CCC(C)CC4C3=O)C(=O)N2c2nccs2)c1. The predicted molar refractivity (Wildman–Crippen MR) is 113 cm³/mol. The fourth-order valence-corrected chi connectivity index (χ4v) is 5.53. The molecule has 156 valence electrons. The van der Waals surface area contributed by atoms with Crippen molar-refractivity contribution in [3.05, 3.63) is 52.7 Å². The van der Waals surface area contributed by atoms with Gasteiger partial charge in [0.2, 0.25) is 0 Å². The van der Waals surface area contributed by atoms with Gasteiger partial charge in [-0.1, -0.05) is 19.1 Å². The highest BCUT2D eigenvalue weighted by molar-refractivity contribution is 7.13. The molecule has 0 spiro atoms. The molecule has 4 unspecified atom stereocenters. The molecule has 0 saturated heterocycles. The van der Waals surface area contributed by atoms with Crippen molar-refractivity contribution in [1.29, 1.82) is 0 Å². The summed E-state index contributed by atoms with van der Waals surface area (Å²) in [4.78, 5) is 33.1.